The average Bonchev–Trinajstić information content (AvgIpc) is 3.22. The van der Waals surface area contributed by atoms with E-state index in [4.69, 9.17) is 4.74 Å². The minimum Gasteiger partial charge on any atom is -0.368 e. The molecular formula is C19H22N2O2. The van der Waals surface area contributed by atoms with E-state index in [2.05, 4.69) is 42.0 Å². The molecule has 4 heteroatoms. The van der Waals surface area contributed by atoms with E-state index in [1.165, 1.54) is 5.69 Å². The van der Waals surface area contributed by atoms with Crippen LogP contribution in [0, 0.1) is 5.92 Å². The van der Waals surface area contributed by atoms with Crippen LogP contribution in [0.5, 0.6) is 0 Å². The number of amides is 1. The quantitative estimate of drug-likeness (QED) is 0.855. The molecule has 4 rings (SSSR count). The van der Waals surface area contributed by atoms with Crippen molar-refractivity contribution in [3.8, 4) is 0 Å². The van der Waals surface area contributed by atoms with E-state index in [0.29, 0.717) is 12.5 Å². The Labute approximate surface area is 136 Å². The number of carbonyl (C=O) groups excluding carboxylic acids is 1. The van der Waals surface area contributed by atoms with Crippen molar-refractivity contribution in [2.45, 2.75) is 32.0 Å². The molecule has 0 radical (unpaired) electrons. The van der Waals surface area contributed by atoms with E-state index in [1.54, 1.807) is 0 Å². The summed E-state index contributed by atoms with van der Waals surface area (Å²) in [5, 5.41) is 0. The van der Waals surface area contributed by atoms with Crippen molar-refractivity contribution in [2.24, 2.45) is 5.92 Å². The number of nitrogens with zero attached hydrogens (tertiary/aromatic N) is 2. The van der Waals surface area contributed by atoms with E-state index < -0.39 is 0 Å². The number of fused-ring (bicyclic) bond motifs is 1. The standard InChI is InChI=1S/C19H22N2O2/c1-14-9-13-23-18(14)19(22)21-12-11-20-10-5-8-16(20)17(21)15-6-3-2-4-7-15/h2-8,10,14,17-18H,9,11-13H2,1H3/t14-,17+,18+/m1/s1. The molecule has 0 spiro atoms. The van der Waals surface area contributed by atoms with Crippen LogP contribution in [0.15, 0.2) is 48.7 Å². The molecule has 0 N–H and O–H groups in total. The Balaban J connectivity index is 1.72. The molecule has 1 fully saturated rings. The van der Waals surface area contributed by atoms with Crippen LogP contribution in [-0.4, -0.2) is 34.6 Å². The summed E-state index contributed by atoms with van der Waals surface area (Å²) in [7, 11) is 0. The van der Waals surface area contributed by atoms with Gasteiger partial charge in [-0.25, -0.2) is 0 Å². The van der Waals surface area contributed by atoms with Gasteiger partial charge in [0.2, 0.25) is 0 Å². The number of benzene rings is 1. The normalized spacial score (nSPS) is 27.0. The molecule has 4 nitrogen and oxygen atoms in total. The van der Waals surface area contributed by atoms with Crippen molar-refractivity contribution in [1.82, 2.24) is 9.47 Å². The van der Waals surface area contributed by atoms with Crippen molar-refractivity contribution in [3.63, 3.8) is 0 Å². The lowest BCUT2D eigenvalue weighted by atomic mass is 9.97. The summed E-state index contributed by atoms with van der Waals surface area (Å²) in [4.78, 5) is 15.1. The number of ether oxygens (including phenoxy) is 1. The molecule has 0 aliphatic carbocycles. The third-order valence-electron chi connectivity index (χ3n) is 5.07. The summed E-state index contributed by atoms with van der Waals surface area (Å²) < 4.78 is 7.99. The molecule has 0 saturated carbocycles. The summed E-state index contributed by atoms with van der Waals surface area (Å²) in [5.41, 5.74) is 2.34. The highest BCUT2D eigenvalue weighted by Gasteiger charge is 2.39. The minimum absolute atomic E-state index is 0.0242. The summed E-state index contributed by atoms with van der Waals surface area (Å²) in [6.45, 7) is 4.38. The third-order valence-corrected chi connectivity index (χ3v) is 5.07. The number of hydrogen-bond acceptors (Lipinski definition) is 2. The predicted molar refractivity (Wildman–Crippen MR) is 88.0 cm³/mol. The second-order valence-electron chi connectivity index (χ2n) is 6.53. The van der Waals surface area contributed by atoms with E-state index in [-0.39, 0.29) is 18.1 Å². The van der Waals surface area contributed by atoms with Gasteiger partial charge in [-0.15, -0.1) is 0 Å². The lowest BCUT2D eigenvalue weighted by Gasteiger charge is -2.39. The predicted octanol–water partition coefficient (Wildman–Crippen LogP) is 2.84. The van der Waals surface area contributed by atoms with Crippen LogP contribution >= 0.6 is 0 Å². The SMILES string of the molecule is C[C@@H]1CCO[C@@H]1C(=O)N1CCn2cccc2[C@@H]1c1ccccc1. The Morgan fingerprint density at radius 3 is 2.70 bits per heavy atom. The minimum atomic E-state index is -0.289. The lowest BCUT2D eigenvalue weighted by Crippen LogP contribution is -2.47. The largest absolute Gasteiger partial charge is 0.368 e. The van der Waals surface area contributed by atoms with E-state index in [0.717, 1.165) is 25.1 Å². The number of carbonyl (C=O) groups is 1. The Morgan fingerprint density at radius 2 is 1.96 bits per heavy atom. The first-order valence-electron chi connectivity index (χ1n) is 8.38. The van der Waals surface area contributed by atoms with Crippen LogP contribution < -0.4 is 0 Å². The van der Waals surface area contributed by atoms with Crippen LogP contribution in [0.2, 0.25) is 0 Å². The molecule has 120 valence electrons. The van der Waals surface area contributed by atoms with Gasteiger partial charge in [-0.3, -0.25) is 4.79 Å². The maximum atomic E-state index is 13.1. The molecule has 23 heavy (non-hydrogen) atoms. The van der Waals surface area contributed by atoms with Gasteiger partial charge in [0.25, 0.3) is 5.91 Å². The molecule has 0 bridgehead atoms. The maximum Gasteiger partial charge on any atom is 0.252 e. The highest BCUT2D eigenvalue weighted by atomic mass is 16.5. The molecule has 1 saturated heterocycles. The highest BCUT2D eigenvalue weighted by molar-refractivity contribution is 5.82. The van der Waals surface area contributed by atoms with Crippen molar-refractivity contribution < 1.29 is 9.53 Å². The molecule has 2 aliphatic rings. The summed E-state index contributed by atoms with van der Waals surface area (Å²) >= 11 is 0. The van der Waals surface area contributed by atoms with Gasteiger partial charge in [-0.05, 0) is 30.0 Å². The fourth-order valence-corrected chi connectivity index (χ4v) is 3.78. The molecule has 1 aromatic carbocycles. The topological polar surface area (TPSA) is 34.5 Å². The molecular weight excluding hydrogens is 288 g/mol. The lowest BCUT2D eigenvalue weighted by molar-refractivity contribution is -0.145. The van der Waals surface area contributed by atoms with Gasteiger partial charge in [0.1, 0.15) is 6.10 Å². The number of hydrogen-bond donors (Lipinski definition) is 0. The van der Waals surface area contributed by atoms with Crippen molar-refractivity contribution in [3.05, 3.63) is 59.9 Å². The molecule has 0 unspecified atom stereocenters. The Hall–Kier alpha value is -2.07. The monoisotopic (exact) mass is 310 g/mol. The van der Waals surface area contributed by atoms with Gasteiger partial charge >= 0.3 is 0 Å². The zero-order chi connectivity index (χ0) is 15.8. The molecule has 2 aliphatic heterocycles. The van der Waals surface area contributed by atoms with Gasteiger partial charge in [0, 0.05) is 31.6 Å². The van der Waals surface area contributed by atoms with Gasteiger partial charge in [0.15, 0.2) is 0 Å². The Morgan fingerprint density at radius 1 is 1.13 bits per heavy atom. The van der Waals surface area contributed by atoms with Gasteiger partial charge in [0.05, 0.1) is 6.04 Å². The average molecular weight is 310 g/mol. The smallest absolute Gasteiger partial charge is 0.252 e. The zero-order valence-electron chi connectivity index (χ0n) is 13.4. The fourth-order valence-electron chi connectivity index (χ4n) is 3.78. The van der Waals surface area contributed by atoms with Crippen LogP contribution in [0.1, 0.15) is 30.6 Å². The molecule has 1 aromatic heterocycles. The fraction of sp³-hybridized carbons (Fsp3) is 0.421. The highest BCUT2D eigenvalue weighted by Crippen LogP contribution is 2.34. The van der Waals surface area contributed by atoms with E-state index >= 15 is 0 Å². The second kappa shape index (κ2) is 5.85. The van der Waals surface area contributed by atoms with E-state index in [9.17, 15) is 4.79 Å². The second-order valence-corrected chi connectivity index (χ2v) is 6.53. The number of aromatic nitrogens is 1. The summed E-state index contributed by atoms with van der Waals surface area (Å²) in [6.07, 6.45) is 2.78. The molecule has 3 atom stereocenters. The summed E-state index contributed by atoms with van der Waals surface area (Å²) in [5.74, 6) is 0.434. The first-order chi connectivity index (χ1) is 11.3. The zero-order valence-corrected chi connectivity index (χ0v) is 13.4. The molecule has 2 aromatic rings. The van der Waals surface area contributed by atoms with Gasteiger partial charge < -0.3 is 14.2 Å². The first-order valence-corrected chi connectivity index (χ1v) is 8.38. The number of rotatable bonds is 2. The van der Waals surface area contributed by atoms with Crippen LogP contribution in [0.3, 0.4) is 0 Å². The maximum absolute atomic E-state index is 13.1. The van der Waals surface area contributed by atoms with Crippen LogP contribution in [-0.2, 0) is 16.1 Å². The molecule has 1 amide bonds. The Kier molecular flexibility index (Phi) is 3.69. The van der Waals surface area contributed by atoms with Gasteiger partial charge in [-0.1, -0.05) is 37.3 Å². The first kappa shape index (κ1) is 14.5. The van der Waals surface area contributed by atoms with Crippen molar-refractivity contribution >= 4 is 5.91 Å². The molecule has 3 heterocycles. The van der Waals surface area contributed by atoms with Crippen LogP contribution in [0.4, 0.5) is 0 Å². The summed E-state index contributed by atoms with van der Waals surface area (Å²) in [6, 6.07) is 14.5. The van der Waals surface area contributed by atoms with Crippen LogP contribution in [0.25, 0.3) is 0 Å². The Bertz CT molecular complexity index is 694. The third kappa shape index (κ3) is 2.47. The van der Waals surface area contributed by atoms with E-state index in [1.807, 2.05) is 23.1 Å². The van der Waals surface area contributed by atoms with Crippen molar-refractivity contribution in [1.29, 1.82) is 0 Å². The van der Waals surface area contributed by atoms with Crippen molar-refractivity contribution in [2.75, 3.05) is 13.2 Å². The van der Waals surface area contributed by atoms with Gasteiger partial charge in [-0.2, -0.15) is 0 Å².